The summed E-state index contributed by atoms with van der Waals surface area (Å²) in [6, 6.07) is 19.9. The summed E-state index contributed by atoms with van der Waals surface area (Å²) in [5.74, 6) is 0. The maximum atomic E-state index is 2.53. The quantitative estimate of drug-likeness (QED) is 0.552. The maximum absolute atomic E-state index is 2.53. The van der Waals surface area contributed by atoms with Crippen LogP contribution >= 0.6 is 0 Å². The van der Waals surface area contributed by atoms with E-state index in [1.165, 1.54) is 56.4 Å². The van der Waals surface area contributed by atoms with Crippen molar-refractivity contribution in [1.29, 1.82) is 0 Å². The Balaban J connectivity index is 1.87. The fraction of sp³-hybridized carbons (Fsp3) is 0.269. The minimum absolute atomic E-state index is 0.0841. The Morgan fingerprint density at radius 2 is 0.862 bits per heavy atom. The van der Waals surface area contributed by atoms with Gasteiger partial charge in [-0.05, 0) is 33.8 Å². The van der Waals surface area contributed by atoms with Crippen molar-refractivity contribution in [1.82, 2.24) is 0 Å². The number of benzene rings is 2. The molecule has 3 nitrogen and oxygen atoms in total. The van der Waals surface area contributed by atoms with Gasteiger partial charge in [-0.15, -0.1) is 0 Å². The summed E-state index contributed by atoms with van der Waals surface area (Å²) >= 11 is 0. The van der Waals surface area contributed by atoms with Gasteiger partial charge < -0.3 is 0 Å². The second kappa shape index (κ2) is 6.21. The molecule has 3 heteroatoms. The normalized spacial score (nSPS) is 15.5. The van der Waals surface area contributed by atoms with Crippen molar-refractivity contribution >= 4 is 22.8 Å². The van der Waals surface area contributed by atoms with E-state index in [4.69, 9.17) is 0 Å². The van der Waals surface area contributed by atoms with Crippen molar-refractivity contribution < 1.29 is 13.7 Å². The molecule has 2 aromatic carbocycles. The molecule has 1 aromatic heterocycles. The first-order valence-electron chi connectivity index (χ1n) is 10.3. The molecule has 3 heterocycles. The minimum Gasteiger partial charge on any atom is -0.0649 e. The van der Waals surface area contributed by atoms with Crippen LogP contribution in [0, 0.1) is 27.7 Å². The van der Waals surface area contributed by atoms with Crippen molar-refractivity contribution in [3.63, 3.8) is 0 Å². The van der Waals surface area contributed by atoms with E-state index in [-0.39, 0.29) is 6.29 Å². The molecule has 0 radical (unpaired) electrons. The second-order valence-electron chi connectivity index (χ2n) is 8.40. The predicted molar refractivity (Wildman–Crippen MR) is 117 cm³/mol. The van der Waals surface area contributed by atoms with Gasteiger partial charge in [-0.25, -0.2) is 0 Å². The SMILES string of the molecule is CC1=[N+](c2c(C)cccc2C)C2[N+](c3c(C)cccc3C)=C(C)c3cccc1[n+]32. The zero-order valence-electron chi connectivity index (χ0n) is 18.1. The van der Waals surface area contributed by atoms with Crippen LogP contribution in [-0.4, -0.2) is 20.6 Å². The Morgan fingerprint density at radius 1 is 0.517 bits per heavy atom. The van der Waals surface area contributed by atoms with Crippen LogP contribution in [0.4, 0.5) is 11.4 Å². The van der Waals surface area contributed by atoms with E-state index in [0.29, 0.717) is 0 Å². The molecule has 0 spiro atoms. The van der Waals surface area contributed by atoms with Crippen LogP contribution in [0.5, 0.6) is 0 Å². The Hall–Kier alpha value is -3.07. The predicted octanol–water partition coefficient (Wildman–Crippen LogP) is 5.00. The molecule has 0 N–H and O–H groups in total. The molecule has 5 rings (SSSR count). The average molecular weight is 383 g/mol. The lowest BCUT2D eigenvalue weighted by Gasteiger charge is -2.10. The van der Waals surface area contributed by atoms with Gasteiger partial charge in [0.25, 0.3) is 22.8 Å². The Kier molecular flexibility index (Phi) is 3.86. The van der Waals surface area contributed by atoms with Crippen LogP contribution < -0.4 is 4.57 Å². The monoisotopic (exact) mass is 382 g/mol. The molecule has 0 fully saturated rings. The van der Waals surface area contributed by atoms with Crippen molar-refractivity contribution in [2.75, 3.05) is 0 Å². The third-order valence-electron chi connectivity index (χ3n) is 6.54. The maximum Gasteiger partial charge on any atom is 0.555 e. The van der Waals surface area contributed by atoms with Crippen LogP contribution in [0.25, 0.3) is 0 Å². The van der Waals surface area contributed by atoms with E-state index >= 15 is 0 Å². The van der Waals surface area contributed by atoms with Gasteiger partial charge in [0.15, 0.2) is 0 Å². The van der Waals surface area contributed by atoms with Gasteiger partial charge in [0.1, 0.15) is 0 Å². The van der Waals surface area contributed by atoms with Crippen molar-refractivity contribution in [3.8, 4) is 0 Å². The highest BCUT2D eigenvalue weighted by Crippen LogP contribution is 2.38. The number of hydrogen-bond acceptors (Lipinski definition) is 0. The van der Waals surface area contributed by atoms with Gasteiger partial charge in [0.05, 0.1) is 0 Å². The highest BCUT2D eigenvalue weighted by molar-refractivity contribution is 5.97. The van der Waals surface area contributed by atoms with E-state index in [0.717, 1.165) is 0 Å². The summed E-state index contributed by atoms with van der Waals surface area (Å²) in [7, 11) is 0. The summed E-state index contributed by atoms with van der Waals surface area (Å²) < 4.78 is 7.57. The summed E-state index contributed by atoms with van der Waals surface area (Å²) in [6.45, 7) is 13.4. The van der Waals surface area contributed by atoms with Gasteiger partial charge in [-0.2, -0.15) is 0 Å². The smallest absolute Gasteiger partial charge is 0.0649 e. The zero-order valence-corrected chi connectivity index (χ0v) is 18.1. The lowest BCUT2D eigenvalue weighted by Crippen LogP contribution is -2.45. The molecule has 0 saturated carbocycles. The molecule has 29 heavy (non-hydrogen) atoms. The fourth-order valence-corrected chi connectivity index (χ4v) is 5.24. The molecular formula is C26H28N3+3. The molecule has 3 aromatic rings. The summed E-state index contributed by atoms with van der Waals surface area (Å²) in [5.41, 5.74) is 13.1. The lowest BCUT2D eigenvalue weighted by atomic mass is 10.1. The number of aryl methyl sites for hydroxylation is 4. The molecule has 0 saturated heterocycles. The highest BCUT2D eigenvalue weighted by atomic mass is 15.5. The summed E-state index contributed by atoms with van der Waals surface area (Å²) in [5, 5.41) is 0. The van der Waals surface area contributed by atoms with Gasteiger partial charge >= 0.3 is 6.29 Å². The number of pyridine rings is 1. The summed E-state index contributed by atoms with van der Waals surface area (Å²) in [4.78, 5) is 0. The van der Waals surface area contributed by atoms with E-state index in [9.17, 15) is 0 Å². The molecule has 0 aliphatic carbocycles. The largest absolute Gasteiger partial charge is 0.555 e. The number of para-hydroxylation sites is 2. The van der Waals surface area contributed by atoms with Crippen molar-refractivity contribution in [2.45, 2.75) is 47.8 Å². The van der Waals surface area contributed by atoms with Crippen LogP contribution in [0.2, 0.25) is 0 Å². The van der Waals surface area contributed by atoms with E-state index in [1.807, 2.05) is 0 Å². The summed E-state index contributed by atoms with van der Waals surface area (Å²) in [6.07, 6.45) is 0.0841. The molecule has 2 aliphatic rings. The van der Waals surface area contributed by atoms with E-state index in [1.54, 1.807) is 0 Å². The Morgan fingerprint density at radius 3 is 1.24 bits per heavy atom. The molecule has 0 amide bonds. The second-order valence-corrected chi connectivity index (χ2v) is 8.40. The average Bonchev–Trinajstić information content (AvgIpc) is 3.13. The van der Waals surface area contributed by atoms with E-state index in [2.05, 4.69) is 110 Å². The standard InChI is InChI=1S/C26H28N3/c1-16-10-7-11-17(2)24(16)27-20(5)22-14-9-15-23-21(6)28(26(27)29(22)23)25-18(3)12-8-13-19(25)4/h7-15,26H,1-6H3/q+3. The minimum atomic E-state index is 0.0841. The van der Waals surface area contributed by atoms with Crippen LogP contribution in [-0.2, 0) is 0 Å². The number of rotatable bonds is 2. The number of nitrogens with zero attached hydrogens (tertiary/aromatic N) is 3. The van der Waals surface area contributed by atoms with Crippen molar-refractivity contribution in [3.05, 3.63) is 88.2 Å². The van der Waals surface area contributed by atoms with Gasteiger partial charge in [0, 0.05) is 48.2 Å². The van der Waals surface area contributed by atoms with Gasteiger partial charge in [-0.1, -0.05) is 50.1 Å². The molecule has 0 bridgehead atoms. The third-order valence-corrected chi connectivity index (χ3v) is 6.54. The Bertz CT molecular complexity index is 1130. The van der Waals surface area contributed by atoms with Crippen LogP contribution in [0.15, 0.2) is 54.6 Å². The van der Waals surface area contributed by atoms with Crippen LogP contribution in [0.3, 0.4) is 0 Å². The molecule has 2 aliphatic heterocycles. The van der Waals surface area contributed by atoms with Crippen LogP contribution in [0.1, 0.15) is 53.8 Å². The third kappa shape index (κ3) is 2.33. The fourth-order valence-electron chi connectivity index (χ4n) is 5.24. The highest BCUT2D eigenvalue weighted by Gasteiger charge is 2.61. The van der Waals surface area contributed by atoms with Crippen molar-refractivity contribution in [2.24, 2.45) is 0 Å². The first kappa shape index (κ1) is 18.0. The topological polar surface area (TPSA) is 9.90 Å². The molecule has 144 valence electrons. The van der Waals surface area contributed by atoms with E-state index < -0.39 is 0 Å². The number of hydrogen-bond donors (Lipinski definition) is 0. The molecule has 0 atom stereocenters. The number of aromatic nitrogens is 1. The molecule has 0 unspecified atom stereocenters. The molecular weight excluding hydrogens is 354 g/mol. The lowest BCUT2D eigenvalue weighted by molar-refractivity contribution is -0.968. The Labute approximate surface area is 172 Å². The first-order valence-corrected chi connectivity index (χ1v) is 10.3. The van der Waals surface area contributed by atoms with Gasteiger partial charge in [0.2, 0.25) is 11.4 Å². The van der Waals surface area contributed by atoms with Gasteiger partial charge in [-0.3, -0.25) is 0 Å². The first-order chi connectivity index (χ1) is 13.9. The zero-order chi connectivity index (χ0) is 20.4.